The summed E-state index contributed by atoms with van der Waals surface area (Å²) >= 11 is 0. The lowest BCUT2D eigenvalue weighted by Gasteiger charge is -2.49. The smallest absolute Gasteiger partial charge is 0.222 e. The van der Waals surface area contributed by atoms with Crippen molar-refractivity contribution in [3.8, 4) is 0 Å². The Morgan fingerprint density at radius 3 is 2.73 bits per heavy atom. The maximum Gasteiger partial charge on any atom is 0.222 e. The first-order chi connectivity index (χ1) is 12.6. The maximum absolute atomic E-state index is 12.3. The molecule has 0 bridgehead atoms. The molecule has 5 heteroatoms. The molecule has 1 N–H and O–H groups in total. The molecule has 1 amide bonds. The number of β-amino-alcohol motifs (C(OH)–C–C–N with tert-alkyl or cyclic N) is 1. The molecule has 3 rings (SSSR count). The molecule has 1 unspecified atom stereocenters. The van der Waals surface area contributed by atoms with Gasteiger partial charge in [-0.1, -0.05) is 42.5 Å². The van der Waals surface area contributed by atoms with Crippen molar-refractivity contribution in [3.05, 3.63) is 42.0 Å². The van der Waals surface area contributed by atoms with Gasteiger partial charge >= 0.3 is 0 Å². The molecule has 5 nitrogen and oxygen atoms in total. The fourth-order valence-corrected chi connectivity index (χ4v) is 4.19. The van der Waals surface area contributed by atoms with Crippen LogP contribution in [0.5, 0.6) is 0 Å². The monoisotopic (exact) mass is 357 g/mol. The predicted octanol–water partition coefficient (Wildman–Crippen LogP) is 1.69. The molecule has 0 aromatic heterocycles. The molecular formula is C21H31N3O2. The molecule has 2 aliphatic rings. The highest BCUT2D eigenvalue weighted by Crippen LogP contribution is 2.32. The number of carbonyl (C=O) groups excluding carboxylic acids is 1. The average molecular weight is 357 g/mol. The first kappa shape index (κ1) is 19.1. The van der Waals surface area contributed by atoms with Crippen LogP contribution in [-0.4, -0.2) is 84.2 Å². The van der Waals surface area contributed by atoms with Crippen LogP contribution in [0.4, 0.5) is 0 Å². The molecule has 1 aromatic rings. The van der Waals surface area contributed by atoms with Gasteiger partial charge in [-0.25, -0.2) is 0 Å². The van der Waals surface area contributed by atoms with Crippen LogP contribution in [0.1, 0.15) is 24.8 Å². The third kappa shape index (κ3) is 4.53. The van der Waals surface area contributed by atoms with Crippen molar-refractivity contribution < 1.29 is 9.90 Å². The summed E-state index contributed by atoms with van der Waals surface area (Å²) in [6.07, 6.45) is 6.90. The van der Waals surface area contributed by atoms with E-state index < -0.39 is 0 Å². The summed E-state index contributed by atoms with van der Waals surface area (Å²) < 4.78 is 0. The summed E-state index contributed by atoms with van der Waals surface area (Å²) in [6.45, 7) is 5.30. The van der Waals surface area contributed by atoms with Crippen LogP contribution >= 0.6 is 0 Å². The summed E-state index contributed by atoms with van der Waals surface area (Å²) in [7, 11) is 2.20. The molecule has 0 saturated carbocycles. The second-order valence-corrected chi connectivity index (χ2v) is 7.55. The fourth-order valence-electron chi connectivity index (χ4n) is 4.19. The van der Waals surface area contributed by atoms with Gasteiger partial charge in [-0.15, -0.1) is 0 Å². The van der Waals surface area contributed by atoms with Crippen LogP contribution in [-0.2, 0) is 4.79 Å². The Morgan fingerprint density at radius 2 is 1.96 bits per heavy atom. The second kappa shape index (κ2) is 8.80. The minimum atomic E-state index is 0.0466. The van der Waals surface area contributed by atoms with Gasteiger partial charge in [0, 0.05) is 51.2 Å². The molecule has 2 saturated heterocycles. The molecule has 1 spiro atoms. The summed E-state index contributed by atoms with van der Waals surface area (Å²) in [4.78, 5) is 19.1. The first-order valence-electron chi connectivity index (χ1n) is 9.67. The van der Waals surface area contributed by atoms with E-state index in [0.717, 1.165) is 45.6 Å². The van der Waals surface area contributed by atoms with Crippen molar-refractivity contribution in [2.24, 2.45) is 0 Å². The zero-order chi connectivity index (χ0) is 18.4. The number of likely N-dealkylation sites (N-methyl/N-ethyl adjacent to an activating group) is 1. The van der Waals surface area contributed by atoms with E-state index in [1.54, 1.807) is 0 Å². The van der Waals surface area contributed by atoms with Crippen molar-refractivity contribution in [2.45, 2.75) is 24.8 Å². The third-order valence-electron chi connectivity index (χ3n) is 5.93. The van der Waals surface area contributed by atoms with E-state index in [9.17, 15) is 9.90 Å². The SMILES string of the molecule is CN1CCN(C/C=C/c2ccccc2)CC12CCC(=O)N(CCO)CC2. The molecule has 2 heterocycles. The van der Waals surface area contributed by atoms with Gasteiger partial charge in [-0.05, 0) is 25.5 Å². The van der Waals surface area contributed by atoms with Crippen molar-refractivity contribution >= 4 is 12.0 Å². The zero-order valence-electron chi connectivity index (χ0n) is 15.8. The number of amides is 1. The van der Waals surface area contributed by atoms with Gasteiger partial charge < -0.3 is 10.0 Å². The Balaban J connectivity index is 1.62. The van der Waals surface area contributed by atoms with Crippen molar-refractivity contribution in [1.82, 2.24) is 14.7 Å². The summed E-state index contributed by atoms with van der Waals surface area (Å²) in [5, 5.41) is 9.19. The van der Waals surface area contributed by atoms with Crippen LogP contribution < -0.4 is 0 Å². The number of hydrogen-bond acceptors (Lipinski definition) is 4. The van der Waals surface area contributed by atoms with Gasteiger partial charge in [-0.3, -0.25) is 14.6 Å². The van der Waals surface area contributed by atoms with Gasteiger partial charge in [0.2, 0.25) is 5.91 Å². The van der Waals surface area contributed by atoms with Crippen LogP contribution in [0.3, 0.4) is 0 Å². The highest BCUT2D eigenvalue weighted by atomic mass is 16.3. The van der Waals surface area contributed by atoms with Gasteiger partial charge in [-0.2, -0.15) is 0 Å². The standard InChI is InChI=1S/C21H31N3O2/c1-22-14-15-23(12-5-8-19-6-3-2-4-7-19)18-21(22)10-9-20(26)24(13-11-21)16-17-25/h2-8,25H,9-18H2,1H3/b8-5+. The molecule has 0 radical (unpaired) electrons. The summed E-state index contributed by atoms with van der Waals surface area (Å²) in [6, 6.07) is 10.4. The van der Waals surface area contributed by atoms with E-state index in [2.05, 4.69) is 53.3 Å². The lowest BCUT2D eigenvalue weighted by Crippen LogP contribution is -2.61. The van der Waals surface area contributed by atoms with Gasteiger partial charge in [0.1, 0.15) is 0 Å². The van der Waals surface area contributed by atoms with E-state index in [1.807, 2.05) is 11.0 Å². The molecule has 2 aliphatic heterocycles. The van der Waals surface area contributed by atoms with E-state index in [4.69, 9.17) is 0 Å². The van der Waals surface area contributed by atoms with Crippen molar-refractivity contribution in [1.29, 1.82) is 0 Å². The van der Waals surface area contributed by atoms with Crippen LogP contribution in [0, 0.1) is 0 Å². The lowest BCUT2D eigenvalue weighted by molar-refractivity contribution is -0.131. The number of rotatable bonds is 5. The number of aliphatic hydroxyl groups is 1. The van der Waals surface area contributed by atoms with Crippen LogP contribution in [0.2, 0.25) is 0 Å². The highest BCUT2D eigenvalue weighted by molar-refractivity contribution is 5.76. The van der Waals surface area contributed by atoms with Crippen molar-refractivity contribution in [3.63, 3.8) is 0 Å². The average Bonchev–Trinajstić information content (AvgIpc) is 2.81. The maximum atomic E-state index is 12.3. The molecule has 1 atom stereocenters. The van der Waals surface area contributed by atoms with E-state index in [-0.39, 0.29) is 18.1 Å². The number of nitrogens with zero attached hydrogens (tertiary/aromatic N) is 3. The number of hydrogen-bond donors (Lipinski definition) is 1. The molecule has 0 aliphatic carbocycles. The van der Waals surface area contributed by atoms with Gasteiger partial charge in [0.15, 0.2) is 0 Å². The number of aliphatic hydroxyl groups excluding tert-OH is 1. The fraction of sp³-hybridized carbons (Fsp3) is 0.571. The minimum absolute atomic E-state index is 0.0466. The van der Waals surface area contributed by atoms with Crippen LogP contribution in [0.25, 0.3) is 6.08 Å². The Labute approximate surface area is 156 Å². The highest BCUT2D eigenvalue weighted by Gasteiger charge is 2.41. The van der Waals surface area contributed by atoms with Crippen LogP contribution in [0.15, 0.2) is 36.4 Å². The number of carbonyl (C=O) groups is 1. The summed E-state index contributed by atoms with van der Waals surface area (Å²) in [5.41, 5.74) is 1.30. The Bertz CT molecular complexity index is 619. The molecule has 2 fully saturated rings. The lowest BCUT2D eigenvalue weighted by atomic mass is 9.86. The van der Waals surface area contributed by atoms with Crippen molar-refractivity contribution in [2.75, 3.05) is 52.9 Å². The number of piperazine rings is 1. The first-order valence-corrected chi connectivity index (χ1v) is 9.67. The molecule has 26 heavy (non-hydrogen) atoms. The Hall–Kier alpha value is -1.69. The van der Waals surface area contributed by atoms with E-state index >= 15 is 0 Å². The second-order valence-electron chi connectivity index (χ2n) is 7.55. The Morgan fingerprint density at radius 1 is 1.15 bits per heavy atom. The van der Waals surface area contributed by atoms with E-state index in [0.29, 0.717) is 13.0 Å². The summed E-state index contributed by atoms with van der Waals surface area (Å²) in [5.74, 6) is 0.186. The molecular weight excluding hydrogens is 326 g/mol. The molecule has 142 valence electrons. The predicted molar refractivity (Wildman–Crippen MR) is 105 cm³/mol. The largest absolute Gasteiger partial charge is 0.395 e. The Kier molecular flexibility index (Phi) is 6.46. The molecule has 1 aromatic carbocycles. The van der Waals surface area contributed by atoms with Gasteiger partial charge in [0.05, 0.1) is 6.61 Å². The normalized spacial score (nSPS) is 25.9. The van der Waals surface area contributed by atoms with E-state index in [1.165, 1.54) is 5.56 Å². The topological polar surface area (TPSA) is 47.0 Å². The van der Waals surface area contributed by atoms with Gasteiger partial charge in [0.25, 0.3) is 0 Å². The zero-order valence-corrected chi connectivity index (χ0v) is 15.8. The number of benzene rings is 1. The third-order valence-corrected chi connectivity index (χ3v) is 5.93. The minimum Gasteiger partial charge on any atom is -0.395 e. The quantitative estimate of drug-likeness (QED) is 0.871. The number of likely N-dealkylation sites (tertiary alicyclic amines) is 1.